The molecule has 0 aromatic heterocycles. The number of urea groups is 1. The normalized spacial score (nSPS) is 15.6. The van der Waals surface area contributed by atoms with Gasteiger partial charge in [0.25, 0.3) is 5.91 Å². The Morgan fingerprint density at radius 3 is 2.52 bits per heavy atom. The van der Waals surface area contributed by atoms with E-state index in [1.807, 2.05) is 0 Å². The summed E-state index contributed by atoms with van der Waals surface area (Å²) in [7, 11) is 3.47. The molecule has 1 heterocycles. The Bertz CT molecular complexity index is 523. The minimum atomic E-state index is -0.191. The van der Waals surface area contributed by atoms with Gasteiger partial charge in [0.1, 0.15) is 5.75 Å². The molecule has 2 rings (SSSR count). The number of hydrogen-bond acceptors (Lipinski definition) is 3. The van der Waals surface area contributed by atoms with Crippen molar-refractivity contribution < 1.29 is 14.7 Å². The highest BCUT2D eigenvalue weighted by molar-refractivity contribution is 5.94. The zero-order valence-corrected chi connectivity index (χ0v) is 12.4. The summed E-state index contributed by atoms with van der Waals surface area (Å²) in [4.78, 5) is 27.3. The summed E-state index contributed by atoms with van der Waals surface area (Å²) in [5, 5.41) is 12.3. The number of piperidine rings is 1. The van der Waals surface area contributed by atoms with Gasteiger partial charge in [0.2, 0.25) is 0 Å². The molecule has 0 bridgehead atoms. The minimum absolute atomic E-state index is 0.00718. The summed E-state index contributed by atoms with van der Waals surface area (Å²) in [5.41, 5.74) is 0.446. The van der Waals surface area contributed by atoms with Crippen LogP contribution in [0.25, 0.3) is 0 Å². The summed E-state index contributed by atoms with van der Waals surface area (Å²) in [6, 6.07) is 6.35. The molecule has 6 nitrogen and oxygen atoms in total. The van der Waals surface area contributed by atoms with Gasteiger partial charge in [-0.05, 0) is 31.0 Å². The Labute approximate surface area is 124 Å². The van der Waals surface area contributed by atoms with E-state index in [1.165, 1.54) is 12.1 Å². The first-order valence-corrected chi connectivity index (χ1v) is 7.03. The Morgan fingerprint density at radius 2 is 1.95 bits per heavy atom. The van der Waals surface area contributed by atoms with Crippen LogP contribution in [-0.4, -0.2) is 60.1 Å². The summed E-state index contributed by atoms with van der Waals surface area (Å²) >= 11 is 0. The van der Waals surface area contributed by atoms with Crippen molar-refractivity contribution in [1.29, 1.82) is 0 Å². The standard InChI is InChI=1S/C15H21N3O3/c1-17(2)15(21)18-8-6-12(7-9-18)16-14(20)11-4-3-5-13(19)10-11/h3-5,10,12,19H,6-9H2,1-2H3,(H,16,20). The summed E-state index contributed by atoms with van der Waals surface area (Å²) in [6.45, 7) is 1.28. The van der Waals surface area contributed by atoms with Gasteiger partial charge in [0.05, 0.1) is 0 Å². The van der Waals surface area contributed by atoms with E-state index in [0.29, 0.717) is 18.7 Å². The van der Waals surface area contributed by atoms with Crippen molar-refractivity contribution >= 4 is 11.9 Å². The van der Waals surface area contributed by atoms with Crippen molar-refractivity contribution in [3.8, 4) is 5.75 Å². The molecular weight excluding hydrogens is 270 g/mol. The first-order chi connectivity index (χ1) is 9.97. The average molecular weight is 291 g/mol. The second-order valence-electron chi connectivity index (χ2n) is 5.46. The van der Waals surface area contributed by atoms with Crippen molar-refractivity contribution in [2.45, 2.75) is 18.9 Å². The minimum Gasteiger partial charge on any atom is -0.508 e. The van der Waals surface area contributed by atoms with Gasteiger partial charge in [0.15, 0.2) is 0 Å². The van der Waals surface area contributed by atoms with E-state index in [-0.39, 0.29) is 23.7 Å². The number of carbonyl (C=O) groups is 2. The fourth-order valence-electron chi connectivity index (χ4n) is 2.41. The van der Waals surface area contributed by atoms with Gasteiger partial charge in [-0.25, -0.2) is 4.79 Å². The van der Waals surface area contributed by atoms with Crippen LogP contribution in [0, 0.1) is 0 Å². The van der Waals surface area contributed by atoms with Crippen molar-refractivity contribution in [2.24, 2.45) is 0 Å². The van der Waals surface area contributed by atoms with Gasteiger partial charge in [-0.15, -0.1) is 0 Å². The predicted octanol–water partition coefficient (Wildman–Crippen LogP) is 1.27. The van der Waals surface area contributed by atoms with Gasteiger partial charge in [-0.3, -0.25) is 4.79 Å². The van der Waals surface area contributed by atoms with Crippen molar-refractivity contribution in [2.75, 3.05) is 27.2 Å². The van der Waals surface area contributed by atoms with Crippen LogP contribution in [0.15, 0.2) is 24.3 Å². The number of likely N-dealkylation sites (tertiary alicyclic amines) is 1. The van der Waals surface area contributed by atoms with E-state index in [2.05, 4.69) is 5.32 Å². The molecule has 0 radical (unpaired) electrons. The largest absolute Gasteiger partial charge is 0.508 e. The highest BCUT2D eigenvalue weighted by Crippen LogP contribution is 2.14. The number of phenols is 1. The molecule has 0 unspecified atom stereocenters. The van der Waals surface area contributed by atoms with E-state index in [9.17, 15) is 14.7 Å². The third-order valence-electron chi connectivity index (χ3n) is 3.59. The topological polar surface area (TPSA) is 72.9 Å². The highest BCUT2D eigenvalue weighted by Gasteiger charge is 2.24. The third-order valence-corrected chi connectivity index (χ3v) is 3.59. The number of aromatic hydroxyl groups is 1. The van der Waals surface area contributed by atoms with E-state index in [4.69, 9.17) is 0 Å². The molecular formula is C15H21N3O3. The SMILES string of the molecule is CN(C)C(=O)N1CCC(NC(=O)c2cccc(O)c2)CC1. The lowest BCUT2D eigenvalue weighted by Gasteiger charge is -2.33. The number of benzene rings is 1. The maximum atomic E-state index is 12.1. The number of carbonyl (C=O) groups excluding carboxylic acids is 2. The summed E-state index contributed by atoms with van der Waals surface area (Å²) in [5.74, 6) is -0.114. The van der Waals surface area contributed by atoms with Crippen LogP contribution in [0.3, 0.4) is 0 Å². The molecule has 1 aliphatic heterocycles. The smallest absolute Gasteiger partial charge is 0.319 e. The third kappa shape index (κ3) is 3.87. The molecule has 1 aromatic rings. The second-order valence-corrected chi connectivity index (χ2v) is 5.46. The number of hydrogen-bond donors (Lipinski definition) is 2. The number of nitrogens with zero attached hydrogens (tertiary/aromatic N) is 2. The Hall–Kier alpha value is -2.24. The van der Waals surface area contributed by atoms with Crippen LogP contribution < -0.4 is 5.32 Å². The Kier molecular flexibility index (Phi) is 4.67. The molecule has 0 atom stereocenters. The Balaban J connectivity index is 1.86. The lowest BCUT2D eigenvalue weighted by Crippen LogP contribution is -2.49. The van der Waals surface area contributed by atoms with Gasteiger partial charge in [-0.1, -0.05) is 6.07 Å². The van der Waals surface area contributed by atoms with Gasteiger partial charge in [-0.2, -0.15) is 0 Å². The van der Waals surface area contributed by atoms with Crippen LogP contribution in [0.5, 0.6) is 5.75 Å². The molecule has 2 N–H and O–H groups in total. The molecule has 3 amide bonds. The molecule has 0 spiro atoms. The number of rotatable bonds is 2. The monoisotopic (exact) mass is 291 g/mol. The van der Waals surface area contributed by atoms with Crippen LogP contribution in [0.4, 0.5) is 4.79 Å². The highest BCUT2D eigenvalue weighted by atomic mass is 16.3. The van der Waals surface area contributed by atoms with E-state index < -0.39 is 0 Å². The van der Waals surface area contributed by atoms with Crippen LogP contribution in [0.2, 0.25) is 0 Å². The molecule has 6 heteroatoms. The quantitative estimate of drug-likeness (QED) is 0.862. The van der Waals surface area contributed by atoms with Crippen LogP contribution >= 0.6 is 0 Å². The van der Waals surface area contributed by atoms with E-state index in [1.54, 1.807) is 36.0 Å². The van der Waals surface area contributed by atoms with Gasteiger partial charge >= 0.3 is 6.03 Å². The number of amides is 3. The molecule has 1 aromatic carbocycles. The predicted molar refractivity (Wildman–Crippen MR) is 79.3 cm³/mol. The summed E-state index contributed by atoms with van der Waals surface area (Å²) in [6.07, 6.45) is 1.48. The number of nitrogens with one attached hydrogen (secondary N) is 1. The molecule has 1 fully saturated rings. The Morgan fingerprint density at radius 1 is 1.29 bits per heavy atom. The van der Waals surface area contributed by atoms with E-state index >= 15 is 0 Å². The molecule has 0 aliphatic carbocycles. The van der Waals surface area contributed by atoms with Crippen molar-refractivity contribution in [1.82, 2.24) is 15.1 Å². The van der Waals surface area contributed by atoms with Crippen LogP contribution in [0.1, 0.15) is 23.2 Å². The second kappa shape index (κ2) is 6.47. The fourth-order valence-corrected chi connectivity index (χ4v) is 2.41. The van der Waals surface area contributed by atoms with Gasteiger partial charge < -0.3 is 20.2 Å². The lowest BCUT2D eigenvalue weighted by atomic mass is 10.0. The zero-order valence-electron chi connectivity index (χ0n) is 12.4. The first kappa shape index (κ1) is 15.2. The first-order valence-electron chi connectivity index (χ1n) is 7.03. The van der Waals surface area contributed by atoms with Crippen molar-refractivity contribution in [3.05, 3.63) is 29.8 Å². The van der Waals surface area contributed by atoms with Crippen LogP contribution in [-0.2, 0) is 0 Å². The summed E-state index contributed by atoms with van der Waals surface area (Å²) < 4.78 is 0. The maximum Gasteiger partial charge on any atom is 0.319 e. The maximum absolute atomic E-state index is 12.1. The molecule has 0 saturated carbocycles. The van der Waals surface area contributed by atoms with E-state index in [0.717, 1.165) is 12.8 Å². The zero-order chi connectivity index (χ0) is 15.4. The van der Waals surface area contributed by atoms with Gasteiger partial charge in [0, 0.05) is 38.8 Å². The molecule has 1 saturated heterocycles. The molecule has 21 heavy (non-hydrogen) atoms. The lowest BCUT2D eigenvalue weighted by molar-refractivity contribution is 0.0913. The number of phenolic OH excluding ortho intramolecular Hbond substituents is 1. The molecule has 114 valence electrons. The molecule has 1 aliphatic rings. The average Bonchev–Trinajstić information content (AvgIpc) is 2.47. The fraction of sp³-hybridized carbons (Fsp3) is 0.467. The van der Waals surface area contributed by atoms with Crippen molar-refractivity contribution in [3.63, 3.8) is 0 Å².